The van der Waals surface area contributed by atoms with E-state index in [-0.39, 0.29) is 30.1 Å². The molecule has 0 aliphatic heterocycles. The summed E-state index contributed by atoms with van der Waals surface area (Å²) in [5.41, 5.74) is -0.989. The van der Waals surface area contributed by atoms with Gasteiger partial charge in [0.05, 0.1) is 12.4 Å². The first-order valence-electron chi connectivity index (χ1n) is 11.0. The minimum Gasteiger partial charge on any atom is -0.494 e. The van der Waals surface area contributed by atoms with Crippen LogP contribution in [-0.2, 0) is 10.8 Å². The van der Waals surface area contributed by atoms with Gasteiger partial charge in [0.15, 0.2) is 11.6 Å². The van der Waals surface area contributed by atoms with Gasteiger partial charge >= 0.3 is 6.11 Å². The molecule has 33 heavy (non-hydrogen) atoms. The summed E-state index contributed by atoms with van der Waals surface area (Å²) >= 11 is 0. The molecule has 7 heteroatoms. The summed E-state index contributed by atoms with van der Waals surface area (Å²) in [5.74, 6) is -2.47. The molecule has 0 fully saturated rings. The molecule has 0 amide bonds. The first kappa shape index (κ1) is 24.8. The second-order valence-electron chi connectivity index (χ2n) is 8.03. The van der Waals surface area contributed by atoms with Crippen molar-refractivity contribution < 1.29 is 31.4 Å². The molecule has 0 saturated carbocycles. The molecular weight excluding hydrogens is 439 g/mol. The van der Waals surface area contributed by atoms with Crippen LogP contribution in [0.25, 0.3) is 11.1 Å². The maximum atomic E-state index is 14.7. The number of hydrogen-bond acceptors (Lipinski definition) is 2. The predicted molar refractivity (Wildman–Crippen MR) is 118 cm³/mol. The molecule has 178 valence electrons. The molecule has 0 radical (unpaired) electrons. The van der Waals surface area contributed by atoms with E-state index in [4.69, 9.17) is 9.47 Å². The van der Waals surface area contributed by atoms with Crippen LogP contribution >= 0.6 is 0 Å². The number of rotatable bonds is 10. The van der Waals surface area contributed by atoms with Crippen LogP contribution in [0.3, 0.4) is 0 Å². The zero-order valence-corrected chi connectivity index (χ0v) is 18.4. The Hall–Kier alpha value is -2.83. The lowest BCUT2D eigenvalue weighted by molar-refractivity contribution is -0.228. The normalized spacial score (nSPS) is 17.3. The Morgan fingerprint density at radius 3 is 2.45 bits per heavy atom. The highest BCUT2D eigenvalue weighted by molar-refractivity contribution is 5.65. The zero-order chi connectivity index (χ0) is 24.0. The Labute approximate surface area is 190 Å². The van der Waals surface area contributed by atoms with Crippen molar-refractivity contribution >= 4 is 0 Å². The predicted octanol–water partition coefficient (Wildman–Crippen LogP) is 8.08. The number of hydrogen-bond donors (Lipinski definition) is 0. The summed E-state index contributed by atoms with van der Waals surface area (Å²) in [4.78, 5) is 0. The fourth-order valence-electron chi connectivity index (χ4n) is 3.92. The van der Waals surface area contributed by atoms with Gasteiger partial charge in [-0.2, -0.15) is 8.78 Å². The van der Waals surface area contributed by atoms with Crippen molar-refractivity contribution in [1.29, 1.82) is 0 Å². The van der Waals surface area contributed by atoms with Crippen LogP contribution in [0.5, 0.6) is 5.75 Å². The maximum absolute atomic E-state index is 14.7. The van der Waals surface area contributed by atoms with Gasteiger partial charge in [0.25, 0.3) is 0 Å². The molecule has 0 bridgehead atoms. The third-order valence-corrected chi connectivity index (χ3v) is 5.62. The largest absolute Gasteiger partial charge is 0.494 e. The Morgan fingerprint density at radius 1 is 1.12 bits per heavy atom. The van der Waals surface area contributed by atoms with Crippen LogP contribution in [0.4, 0.5) is 22.0 Å². The van der Waals surface area contributed by atoms with Gasteiger partial charge in [0, 0.05) is 12.0 Å². The molecule has 0 N–H and O–H groups in total. The molecule has 0 spiro atoms. The summed E-state index contributed by atoms with van der Waals surface area (Å²) in [7, 11) is 0. The molecule has 2 unspecified atom stereocenters. The van der Waals surface area contributed by atoms with Crippen molar-refractivity contribution in [3.8, 4) is 16.9 Å². The van der Waals surface area contributed by atoms with E-state index >= 15 is 0 Å². The third kappa shape index (κ3) is 6.15. The van der Waals surface area contributed by atoms with Crippen molar-refractivity contribution in [2.75, 3.05) is 6.61 Å². The summed E-state index contributed by atoms with van der Waals surface area (Å²) < 4.78 is 82.6. The smallest absolute Gasteiger partial charge is 0.429 e. The first-order chi connectivity index (χ1) is 15.7. The van der Waals surface area contributed by atoms with E-state index in [2.05, 4.69) is 6.58 Å². The number of halogens is 5. The number of ether oxygens (including phenoxy) is 2. The molecule has 2 aromatic carbocycles. The molecule has 0 heterocycles. The van der Waals surface area contributed by atoms with Crippen LogP contribution in [0.15, 0.2) is 60.9 Å². The van der Waals surface area contributed by atoms with Crippen LogP contribution in [-0.4, -0.2) is 12.8 Å². The lowest BCUT2D eigenvalue weighted by Gasteiger charge is -2.26. The minimum atomic E-state index is -4.05. The van der Waals surface area contributed by atoms with Crippen LogP contribution in [0, 0.1) is 17.6 Å². The fraction of sp³-hybridized carbons (Fsp3) is 0.385. The lowest BCUT2D eigenvalue weighted by Crippen LogP contribution is -2.22. The van der Waals surface area contributed by atoms with Crippen molar-refractivity contribution in [1.82, 2.24) is 0 Å². The van der Waals surface area contributed by atoms with Gasteiger partial charge in [-0.1, -0.05) is 24.3 Å². The van der Waals surface area contributed by atoms with E-state index in [0.29, 0.717) is 37.2 Å². The number of benzene rings is 2. The van der Waals surface area contributed by atoms with Gasteiger partial charge in [0.1, 0.15) is 17.5 Å². The van der Waals surface area contributed by atoms with Gasteiger partial charge in [-0.05, 0) is 68.4 Å². The fourth-order valence-corrected chi connectivity index (χ4v) is 3.92. The van der Waals surface area contributed by atoms with E-state index in [0.717, 1.165) is 12.1 Å². The topological polar surface area (TPSA) is 18.5 Å². The molecule has 2 nitrogen and oxygen atoms in total. The molecule has 0 saturated heterocycles. The van der Waals surface area contributed by atoms with Gasteiger partial charge in [0.2, 0.25) is 0 Å². The van der Waals surface area contributed by atoms with E-state index in [1.807, 2.05) is 6.92 Å². The van der Waals surface area contributed by atoms with Gasteiger partial charge < -0.3 is 9.47 Å². The van der Waals surface area contributed by atoms with Crippen LogP contribution in [0.2, 0.25) is 0 Å². The van der Waals surface area contributed by atoms with E-state index in [9.17, 15) is 22.0 Å². The summed E-state index contributed by atoms with van der Waals surface area (Å²) in [6.07, 6.45) is -0.474. The SMILES string of the molecule is C=CCC(F)CC1CC=C(OC(F)(F)c2ccc(-c3ccc(OCC)cc3)c(F)c2F)CC1. The van der Waals surface area contributed by atoms with E-state index in [1.54, 1.807) is 12.1 Å². The lowest BCUT2D eigenvalue weighted by atomic mass is 9.88. The van der Waals surface area contributed by atoms with Gasteiger partial charge in [-0.3, -0.25) is 0 Å². The molecular formula is C26H27F5O2. The Bertz CT molecular complexity index is 985. The van der Waals surface area contributed by atoms with E-state index in [1.165, 1.54) is 24.3 Å². The zero-order valence-electron chi connectivity index (χ0n) is 18.4. The summed E-state index contributed by atoms with van der Waals surface area (Å²) in [6, 6.07) is 8.17. The van der Waals surface area contributed by atoms with Crippen molar-refractivity contribution in [3.63, 3.8) is 0 Å². The second-order valence-corrected chi connectivity index (χ2v) is 8.03. The molecule has 1 aliphatic rings. The Balaban J connectivity index is 1.72. The summed E-state index contributed by atoms with van der Waals surface area (Å²) in [5, 5.41) is 0. The molecule has 3 rings (SSSR count). The average Bonchev–Trinajstić information content (AvgIpc) is 2.78. The van der Waals surface area contributed by atoms with E-state index < -0.39 is 29.5 Å². The van der Waals surface area contributed by atoms with Gasteiger partial charge in [-0.15, -0.1) is 6.58 Å². The Kier molecular flexibility index (Phi) is 8.16. The Morgan fingerprint density at radius 2 is 1.85 bits per heavy atom. The highest BCUT2D eigenvalue weighted by atomic mass is 19.3. The minimum absolute atomic E-state index is 0.00854. The molecule has 0 aromatic heterocycles. The number of allylic oxidation sites excluding steroid dienone is 3. The van der Waals surface area contributed by atoms with Crippen LogP contribution < -0.4 is 4.74 Å². The average molecular weight is 466 g/mol. The third-order valence-electron chi connectivity index (χ3n) is 5.62. The summed E-state index contributed by atoms with van der Waals surface area (Å²) in [6.45, 7) is 5.77. The second kappa shape index (κ2) is 10.9. The standard InChI is InChI=1S/C26H27F5O2/c1-3-5-19(27)16-17-6-10-21(11-7-17)33-26(30,31)23-15-14-22(24(28)25(23)29)18-8-12-20(13-9-18)32-4-2/h3,8-10,12-15,17,19H,1,4-7,11,16H2,2H3. The van der Waals surface area contributed by atoms with Crippen molar-refractivity contribution in [2.24, 2.45) is 5.92 Å². The number of alkyl halides is 3. The van der Waals surface area contributed by atoms with Crippen molar-refractivity contribution in [2.45, 2.75) is 51.3 Å². The molecule has 2 aromatic rings. The highest BCUT2D eigenvalue weighted by Gasteiger charge is 2.40. The molecule has 2 atom stereocenters. The highest BCUT2D eigenvalue weighted by Crippen LogP contribution is 2.39. The maximum Gasteiger partial charge on any atom is 0.429 e. The molecule has 1 aliphatic carbocycles. The van der Waals surface area contributed by atoms with Crippen LogP contribution in [0.1, 0.15) is 44.6 Å². The first-order valence-corrected chi connectivity index (χ1v) is 11.0. The van der Waals surface area contributed by atoms with Crippen molar-refractivity contribution in [3.05, 3.63) is 78.1 Å². The van der Waals surface area contributed by atoms with Gasteiger partial charge in [-0.25, -0.2) is 13.2 Å². The monoisotopic (exact) mass is 466 g/mol. The quantitative estimate of drug-likeness (QED) is 0.260.